The number of hydrogen-bond donors (Lipinski definition) is 0. The molecule has 0 radical (unpaired) electrons. The summed E-state index contributed by atoms with van der Waals surface area (Å²) in [7, 11) is 0. The Morgan fingerprint density at radius 2 is 2.07 bits per heavy atom. The zero-order valence-corrected chi connectivity index (χ0v) is 9.62. The van der Waals surface area contributed by atoms with Crippen LogP contribution < -0.4 is 0 Å². The normalized spacial score (nSPS) is 23.9. The highest BCUT2D eigenvalue weighted by molar-refractivity contribution is 5.44. The van der Waals surface area contributed by atoms with Gasteiger partial charge < -0.3 is 0 Å². The topological polar surface area (TPSA) is 23.8 Å². The Balaban J connectivity index is 2.48. The number of fused-ring (bicyclic) bond motifs is 1. The molecule has 0 fully saturated rings. The molecular weight excluding hydrogens is 182 g/mol. The van der Waals surface area contributed by atoms with Crippen molar-refractivity contribution in [1.82, 2.24) is 0 Å². The van der Waals surface area contributed by atoms with Gasteiger partial charge in [0.15, 0.2) is 0 Å². The Hall–Kier alpha value is -1.29. The maximum Gasteiger partial charge on any atom is 0.0721 e. The lowest BCUT2D eigenvalue weighted by Crippen LogP contribution is -1.93. The molecule has 0 aromatic heterocycles. The first kappa shape index (κ1) is 10.2. The van der Waals surface area contributed by atoms with E-state index in [0.717, 1.165) is 6.42 Å². The van der Waals surface area contributed by atoms with Crippen molar-refractivity contribution in [2.45, 2.75) is 44.9 Å². The Labute approximate surface area is 91.7 Å². The SMILES string of the molecule is CC(C)c1ccc2c(c1)C(C#N)CC2C. The van der Waals surface area contributed by atoms with Gasteiger partial charge in [0, 0.05) is 0 Å². The van der Waals surface area contributed by atoms with Crippen LogP contribution in [0.3, 0.4) is 0 Å². The summed E-state index contributed by atoms with van der Waals surface area (Å²) in [5, 5.41) is 9.11. The van der Waals surface area contributed by atoms with Crippen LogP contribution in [0.4, 0.5) is 0 Å². The van der Waals surface area contributed by atoms with Crippen molar-refractivity contribution < 1.29 is 0 Å². The van der Waals surface area contributed by atoms with Crippen molar-refractivity contribution in [2.24, 2.45) is 0 Å². The number of rotatable bonds is 1. The molecule has 2 rings (SSSR count). The molecule has 0 aliphatic heterocycles. The van der Waals surface area contributed by atoms with Gasteiger partial charge in [-0.15, -0.1) is 0 Å². The molecule has 0 N–H and O–H groups in total. The zero-order chi connectivity index (χ0) is 11.0. The molecule has 1 aliphatic rings. The first-order valence-corrected chi connectivity index (χ1v) is 5.66. The van der Waals surface area contributed by atoms with Gasteiger partial charge in [-0.2, -0.15) is 5.26 Å². The first-order valence-electron chi connectivity index (χ1n) is 5.66. The average Bonchev–Trinajstić information content (AvgIpc) is 2.55. The molecule has 0 spiro atoms. The molecule has 1 heteroatoms. The molecule has 15 heavy (non-hydrogen) atoms. The van der Waals surface area contributed by atoms with Gasteiger partial charge in [-0.3, -0.25) is 0 Å². The third kappa shape index (κ3) is 1.65. The van der Waals surface area contributed by atoms with Gasteiger partial charge in [0.2, 0.25) is 0 Å². The van der Waals surface area contributed by atoms with Crippen LogP contribution in [0.1, 0.15) is 61.6 Å². The summed E-state index contributed by atoms with van der Waals surface area (Å²) in [4.78, 5) is 0. The van der Waals surface area contributed by atoms with Crippen LogP contribution in [-0.4, -0.2) is 0 Å². The van der Waals surface area contributed by atoms with Crippen LogP contribution in [0, 0.1) is 11.3 Å². The quantitative estimate of drug-likeness (QED) is 0.672. The average molecular weight is 199 g/mol. The van der Waals surface area contributed by atoms with E-state index in [1.54, 1.807) is 0 Å². The standard InChI is InChI=1S/C14H17N/c1-9(2)11-4-5-13-10(3)6-12(8-15)14(13)7-11/h4-5,7,9-10,12H,6H2,1-3H3. The number of hydrogen-bond acceptors (Lipinski definition) is 1. The summed E-state index contributed by atoms with van der Waals surface area (Å²) in [5.74, 6) is 1.21. The van der Waals surface area contributed by atoms with Gasteiger partial charge in [0.25, 0.3) is 0 Å². The Bertz CT molecular complexity index is 412. The van der Waals surface area contributed by atoms with E-state index in [9.17, 15) is 0 Å². The predicted octanol–water partition coefficient (Wildman–Crippen LogP) is 3.92. The van der Waals surface area contributed by atoms with Crippen molar-refractivity contribution in [2.75, 3.05) is 0 Å². The van der Waals surface area contributed by atoms with Crippen LogP contribution >= 0.6 is 0 Å². The second-order valence-corrected chi connectivity index (χ2v) is 4.86. The minimum absolute atomic E-state index is 0.119. The second kappa shape index (κ2) is 3.70. The van der Waals surface area contributed by atoms with Crippen molar-refractivity contribution in [3.63, 3.8) is 0 Å². The van der Waals surface area contributed by atoms with Crippen LogP contribution in [0.15, 0.2) is 18.2 Å². The monoisotopic (exact) mass is 199 g/mol. The van der Waals surface area contributed by atoms with E-state index in [-0.39, 0.29) is 5.92 Å². The number of nitrogens with zero attached hydrogens (tertiary/aromatic N) is 1. The Morgan fingerprint density at radius 1 is 1.33 bits per heavy atom. The molecule has 2 unspecified atom stereocenters. The van der Waals surface area contributed by atoms with Crippen molar-refractivity contribution in [3.8, 4) is 6.07 Å². The maximum atomic E-state index is 9.11. The van der Waals surface area contributed by atoms with Crippen LogP contribution in [0.5, 0.6) is 0 Å². The minimum atomic E-state index is 0.119. The largest absolute Gasteiger partial charge is 0.198 e. The molecule has 0 heterocycles. The molecule has 1 aromatic carbocycles. The predicted molar refractivity (Wildman–Crippen MR) is 61.9 cm³/mol. The molecule has 1 nitrogen and oxygen atoms in total. The minimum Gasteiger partial charge on any atom is -0.198 e. The summed E-state index contributed by atoms with van der Waals surface area (Å²) in [5.41, 5.74) is 4.00. The van der Waals surface area contributed by atoms with Crippen LogP contribution in [0.25, 0.3) is 0 Å². The lowest BCUT2D eigenvalue weighted by Gasteiger charge is -2.10. The highest BCUT2D eigenvalue weighted by Crippen LogP contribution is 2.41. The third-order valence-corrected chi connectivity index (χ3v) is 3.43. The summed E-state index contributed by atoms with van der Waals surface area (Å²) < 4.78 is 0. The second-order valence-electron chi connectivity index (χ2n) is 4.86. The van der Waals surface area contributed by atoms with E-state index in [1.807, 2.05) is 0 Å². The van der Waals surface area contributed by atoms with E-state index in [1.165, 1.54) is 16.7 Å². The van der Waals surface area contributed by atoms with E-state index in [4.69, 9.17) is 5.26 Å². The van der Waals surface area contributed by atoms with Gasteiger partial charge in [-0.25, -0.2) is 0 Å². The van der Waals surface area contributed by atoms with E-state index < -0.39 is 0 Å². The fourth-order valence-electron chi connectivity index (χ4n) is 2.43. The molecule has 0 saturated heterocycles. The zero-order valence-electron chi connectivity index (χ0n) is 9.62. The Kier molecular flexibility index (Phi) is 2.52. The maximum absolute atomic E-state index is 9.11. The van der Waals surface area contributed by atoms with Crippen molar-refractivity contribution in [1.29, 1.82) is 5.26 Å². The van der Waals surface area contributed by atoms with Gasteiger partial charge in [-0.05, 0) is 34.9 Å². The smallest absolute Gasteiger partial charge is 0.0721 e. The van der Waals surface area contributed by atoms with E-state index in [0.29, 0.717) is 11.8 Å². The van der Waals surface area contributed by atoms with Gasteiger partial charge >= 0.3 is 0 Å². The van der Waals surface area contributed by atoms with E-state index in [2.05, 4.69) is 45.0 Å². The fourth-order valence-corrected chi connectivity index (χ4v) is 2.43. The highest BCUT2D eigenvalue weighted by atomic mass is 14.4. The molecule has 0 saturated carbocycles. The number of nitriles is 1. The summed E-state index contributed by atoms with van der Waals surface area (Å²) >= 11 is 0. The summed E-state index contributed by atoms with van der Waals surface area (Å²) in [6, 6.07) is 9.07. The van der Waals surface area contributed by atoms with Crippen LogP contribution in [0.2, 0.25) is 0 Å². The number of benzene rings is 1. The first-order chi connectivity index (χ1) is 7.13. The molecule has 0 bridgehead atoms. The lowest BCUT2D eigenvalue weighted by molar-refractivity contribution is 0.706. The van der Waals surface area contributed by atoms with Gasteiger partial charge in [0.05, 0.1) is 12.0 Å². The van der Waals surface area contributed by atoms with Crippen LogP contribution in [-0.2, 0) is 0 Å². The lowest BCUT2D eigenvalue weighted by atomic mass is 9.95. The molecule has 1 aliphatic carbocycles. The highest BCUT2D eigenvalue weighted by Gasteiger charge is 2.28. The molecule has 1 aromatic rings. The molecular formula is C14H17N. The van der Waals surface area contributed by atoms with E-state index >= 15 is 0 Å². The van der Waals surface area contributed by atoms with Gasteiger partial charge in [0.1, 0.15) is 0 Å². The molecule has 78 valence electrons. The molecule has 2 atom stereocenters. The molecule has 0 amide bonds. The Morgan fingerprint density at radius 3 is 2.67 bits per heavy atom. The van der Waals surface area contributed by atoms with Gasteiger partial charge in [-0.1, -0.05) is 39.0 Å². The summed E-state index contributed by atoms with van der Waals surface area (Å²) in [6.45, 7) is 6.61. The van der Waals surface area contributed by atoms with Crippen molar-refractivity contribution in [3.05, 3.63) is 34.9 Å². The fraction of sp³-hybridized carbons (Fsp3) is 0.500. The van der Waals surface area contributed by atoms with Crippen molar-refractivity contribution >= 4 is 0 Å². The third-order valence-electron chi connectivity index (χ3n) is 3.43. The summed E-state index contributed by atoms with van der Waals surface area (Å²) in [6.07, 6.45) is 0.993.